The van der Waals surface area contributed by atoms with Crippen LogP contribution in [0.3, 0.4) is 0 Å². The van der Waals surface area contributed by atoms with Gasteiger partial charge in [-0.05, 0) is 70.4 Å². The Morgan fingerprint density at radius 1 is 1.27 bits per heavy atom. The molecule has 1 aliphatic heterocycles. The molecule has 2 atom stereocenters. The number of hydrogen-bond donors (Lipinski definition) is 5. The molecule has 1 fully saturated rings. The first-order chi connectivity index (χ1) is 17.5. The maximum absolute atomic E-state index is 13.2. The highest BCUT2D eigenvalue weighted by Crippen LogP contribution is 2.45. The number of rotatable bonds is 8. The molecule has 0 bridgehead atoms. The van der Waals surface area contributed by atoms with E-state index < -0.39 is 34.5 Å². The molecule has 4 rings (SSSR count). The van der Waals surface area contributed by atoms with Gasteiger partial charge in [-0.3, -0.25) is 29.1 Å². The third-order valence-corrected chi connectivity index (χ3v) is 7.85. The molecule has 3 heterocycles. The fourth-order valence-electron chi connectivity index (χ4n) is 5.70. The number of nitrogen functional groups attached to an aromatic ring is 1. The molecule has 11 nitrogen and oxygen atoms in total. The number of aliphatic hydroxyl groups excluding tert-OH is 1. The molecule has 2 aliphatic rings. The predicted octanol–water partition coefficient (Wildman–Crippen LogP) is 2.28. The van der Waals surface area contributed by atoms with Gasteiger partial charge in [0.1, 0.15) is 11.4 Å². The minimum atomic E-state index is -0.845. The monoisotopic (exact) mass is 512 g/mol. The Labute approximate surface area is 214 Å². The van der Waals surface area contributed by atoms with E-state index in [9.17, 15) is 24.6 Å². The van der Waals surface area contributed by atoms with Crippen molar-refractivity contribution < 1.29 is 15.0 Å². The Kier molecular flexibility index (Phi) is 7.27. The Bertz CT molecular complexity index is 1340. The van der Waals surface area contributed by atoms with Crippen LogP contribution in [0.2, 0.25) is 0 Å². The van der Waals surface area contributed by atoms with Gasteiger partial charge in [0.2, 0.25) is 11.8 Å². The van der Waals surface area contributed by atoms with Crippen LogP contribution in [0.15, 0.2) is 21.7 Å². The second-order valence-electron chi connectivity index (χ2n) is 10.5. The van der Waals surface area contributed by atoms with Crippen molar-refractivity contribution in [2.24, 2.45) is 11.7 Å². The molecular weight excluding hydrogens is 476 g/mol. The van der Waals surface area contributed by atoms with Gasteiger partial charge in [-0.25, -0.2) is 4.79 Å². The second-order valence-corrected chi connectivity index (χ2v) is 10.5. The first kappa shape index (κ1) is 26.6. The number of hydrogen-bond acceptors (Lipinski definition) is 7. The minimum absolute atomic E-state index is 0.125. The van der Waals surface area contributed by atoms with Crippen LogP contribution in [0.4, 0.5) is 5.69 Å². The smallest absolute Gasteiger partial charge is 0.334 e. The quantitative estimate of drug-likeness (QED) is 0.266. The average molecular weight is 513 g/mol. The molecule has 37 heavy (non-hydrogen) atoms. The van der Waals surface area contributed by atoms with Gasteiger partial charge in [0.15, 0.2) is 0 Å². The number of unbranched alkanes of at least 4 members (excludes halogenated alkanes) is 1. The summed E-state index contributed by atoms with van der Waals surface area (Å²) >= 11 is 0. The van der Waals surface area contributed by atoms with E-state index in [1.165, 1.54) is 0 Å². The van der Waals surface area contributed by atoms with E-state index in [4.69, 9.17) is 11.1 Å². The van der Waals surface area contributed by atoms with Gasteiger partial charge in [0, 0.05) is 12.6 Å². The van der Waals surface area contributed by atoms with Crippen LogP contribution in [-0.4, -0.2) is 36.1 Å². The topological polar surface area (TPSA) is 176 Å². The van der Waals surface area contributed by atoms with Crippen LogP contribution >= 0.6 is 0 Å². The van der Waals surface area contributed by atoms with Gasteiger partial charge in [-0.1, -0.05) is 13.3 Å². The van der Waals surface area contributed by atoms with E-state index in [-0.39, 0.29) is 30.0 Å². The lowest BCUT2D eigenvalue weighted by Gasteiger charge is -2.34. The van der Waals surface area contributed by atoms with Gasteiger partial charge < -0.3 is 21.3 Å². The lowest BCUT2D eigenvalue weighted by molar-refractivity contribution is -0.121. The standard InChI is InChI=1S/C26H36N6O5/c1-4-5-12-31-22(34)19(21(27)28)23(35)32(25(31)37)16-8-6-15(7-9-16)13-26(3)20-18(30-24(26)36)11-10-17(29-20)14(2)33/h10-11,14-16,33-34H,4-9,12-13H2,1-3H3,(H3,27,28)(H,30,36)/t14-,15?,16?,26-/m1/s1. The SMILES string of the molecule is CCCCn1c(O)c(C(=N)N)c(=O)n(C2CCC(C[C@@]3(C)C(=O)Nc4ccc([C@@H](C)O)nc43)CC2)c1=O. The van der Waals surface area contributed by atoms with Gasteiger partial charge >= 0.3 is 5.69 Å². The summed E-state index contributed by atoms with van der Waals surface area (Å²) in [5.74, 6) is -1.08. The molecule has 2 aromatic rings. The molecule has 1 saturated carbocycles. The number of carbonyl (C=O) groups is 1. The number of amidine groups is 1. The third-order valence-electron chi connectivity index (χ3n) is 7.85. The van der Waals surface area contributed by atoms with Crippen LogP contribution in [0.1, 0.15) is 94.8 Å². The number of anilines is 1. The van der Waals surface area contributed by atoms with E-state index in [1.807, 2.05) is 13.8 Å². The molecule has 11 heteroatoms. The molecular formula is C26H36N6O5. The average Bonchev–Trinajstić information content (AvgIpc) is 3.08. The van der Waals surface area contributed by atoms with Crippen molar-refractivity contribution in [3.05, 3.63) is 49.9 Å². The first-order valence-corrected chi connectivity index (χ1v) is 12.9. The van der Waals surface area contributed by atoms with Crippen LogP contribution in [0, 0.1) is 11.3 Å². The van der Waals surface area contributed by atoms with Crippen molar-refractivity contribution in [2.45, 2.75) is 89.8 Å². The zero-order chi connectivity index (χ0) is 27.1. The summed E-state index contributed by atoms with van der Waals surface area (Å²) in [6, 6.07) is 3.09. The fraction of sp³-hybridized carbons (Fsp3) is 0.577. The number of aromatic nitrogens is 3. The Morgan fingerprint density at radius 2 is 1.95 bits per heavy atom. The van der Waals surface area contributed by atoms with Crippen molar-refractivity contribution >= 4 is 17.4 Å². The van der Waals surface area contributed by atoms with E-state index in [0.29, 0.717) is 55.6 Å². The first-order valence-electron chi connectivity index (χ1n) is 12.9. The van der Waals surface area contributed by atoms with Crippen molar-refractivity contribution in [1.29, 1.82) is 5.41 Å². The van der Waals surface area contributed by atoms with Crippen LogP contribution in [0.25, 0.3) is 0 Å². The lowest BCUT2D eigenvalue weighted by atomic mass is 9.73. The van der Waals surface area contributed by atoms with Gasteiger partial charge in [0.25, 0.3) is 5.56 Å². The molecule has 0 spiro atoms. The Morgan fingerprint density at radius 3 is 2.54 bits per heavy atom. The maximum Gasteiger partial charge on any atom is 0.334 e. The van der Waals surface area contributed by atoms with Gasteiger partial charge in [-0.15, -0.1) is 0 Å². The molecule has 200 valence electrons. The summed E-state index contributed by atoms with van der Waals surface area (Å²) < 4.78 is 2.29. The van der Waals surface area contributed by atoms with Crippen LogP contribution in [-0.2, 0) is 16.8 Å². The third kappa shape index (κ3) is 4.68. The normalized spacial score (nSPS) is 23.9. The van der Waals surface area contributed by atoms with E-state index >= 15 is 0 Å². The van der Waals surface area contributed by atoms with Crippen molar-refractivity contribution in [2.75, 3.05) is 5.32 Å². The highest BCUT2D eigenvalue weighted by atomic mass is 16.3. The second kappa shape index (κ2) is 10.1. The zero-order valence-electron chi connectivity index (χ0n) is 21.6. The number of aliphatic hydroxyl groups is 1. The van der Waals surface area contributed by atoms with E-state index in [0.717, 1.165) is 15.6 Å². The molecule has 1 aliphatic carbocycles. The van der Waals surface area contributed by atoms with E-state index in [1.54, 1.807) is 19.1 Å². The summed E-state index contributed by atoms with van der Waals surface area (Å²) in [7, 11) is 0. The highest BCUT2D eigenvalue weighted by molar-refractivity contribution is 6.05. The summed E-state index contributed by atoms with van der Waals surface area (Å²) in [5, 5.41) is 31.2. The van der Waals surface area contributed by atoms with Crippen LogP contribution < -0.4 is 22.3 Å². The molecule has 2 aromatic heterocycles. The van der Waals surface area contributed by atoms with Crippen LogP contribution in [0.5, 0.6) is 5.88 Å². The molecule has 6 N–H and O–H groups in total. The summed E-state index contributed by atoms with van der Waals surface area (Å²) in [6.07, 6.45) is 3.69. The Hall–Kier alpha value is -3.47. The number of nitrogens with two attached hydrogens (primary N) is 1. The summed E-state index contributed by atoms with van der Waals surface area (Å²) in [4.78, 5) is 44.0. The highest BCUT2D eigenvalue weighted by Gasteiger charge is 2.46. The van der Waals surface area contributed by atoms with Crippen molar-refractivity contribution in [3.63, 3.8) is 0 Å². The summed E-state index contributed by atoms with van der Waals surface area (Å²) in [6.45, 7) is 5.69. The lowest BCUT2D eigenvalue weighted by Crippen LogP contribution is -2.46. The molecule has 0 radical (unpaired) electrons. The van der Waals surface area contributed by atoms with Gasteiger partial charge in [0.05, 0.1) is 28.6 Å². The number of pyridine rings is 1. The van der Waals surface area contributed by atoms with Crippen molar-refractivity contribution in [3.8, 4) is 5.88 Å². The molecule has 0 saturated heterocycles. The maximum atomic E-state index is 13.2. The molecule has 1 amide bonds. The summed E-state index contributed by atoms with van der Waals surface area (Å²) in [5.41, 5.74) is 4.90. The molecule has 0 unspecified atom stereocenters. The number of carbonyl (C=O) groups excluding carboxylic acids is 1. The predicted molar refractivity (Wildman–Crippen MR) is 139 cm³/mol. The minimum Gasteiger partial charge on any atom is -0.494 e. The number of fused-ring (bicyclic) bond motifs is 1. The zero-order valence-corrected chi connectivity index (χ0v) is 21.6. The molecule has 0 aromatic carbocycles. The number of nitrogens with zero attached hydrogens (tertiary/aromatic N) is 3. The van der Waals surface area contributed by atoms with Crippen molar-refractivity contribution in [1.82, 2.24) is 14.1 Å². The number of aromatic hydroxyl groups is 1. The number of amides is 1. The Balaban J connectivity index is 1.58. The van der Waals surface area contributed by atoms with Gasteiger partial charge in [-0.2, -0.15) is 0 Å². The largest absolute Gasteiger partial charge is 0.494 e. The number of nitrogens with one attached hydrogen (secondary N) is 2. The fourth-order valence-corrected chi connectivity index (χ4v) is 5.70. The van der Waals surface area contributed by atoms with E-state index in [2.05, 4.69) is 10.3 Å².